The number of hydrogen-bond donors (Lipinski definition) is 1. The fraction of sp³-hybridized carbons (Fsp3) is 0.611. The van der Waals surface area contributed by atoms with E-state index in [2.05, 4.69) is 9.80 Å². The highest BCUT2D eigenvalue weighted by Crippen LogP contribution is 2.39. The molecule has 1 saturated carbocycles. The summed E-state index contributed by atoms with van der Waals surface area (Å²) < 4.78 is 42.3. The molecular weight excluding hydrogens is 563 g/mol. The first kappa shape index (κ1) is 32.5. The standard InChI is InChI=1S/C36H46F3N3O2/c1-36(38,39)33-19-26(13-14-29(33)21-40)8-5-7-25-15-17-41(18-16-25)22-30-23-42(24-32(30)28-11-6-12-31(37)20-28)34(35(43)44)27-9-3-2-4-10-27/h6,11-14,19-20,25,27,30,32,34H,2-5,7-10,15-18,22-24H2,1H3,(H,43,44). The van der Waals surface area contributed by atoms with Crippen molar-refractivity contribution >= 4 is 5.97 Å². The zero-order valence-electron chi connectivity index (χ0n) is 25.9. The van der Waals surface area contributed by atoms with Gasteiger partial charge < -0.3 is 10.0 Å². The van der Waals surface area contributed by atoms with Gasteiger partial charge in [0.15, 0.2) is 0 Å². The number of nitrogens with zero attached hydrogens (tertiary/aromatic N) is 3. The molecule has 0 aromatic heterocycles. The van der Waals surface area contributed by atoms with Gasteiger partial charge in [0, 0.05) is 38.0 Å². The van der Waals surface area contributed by atoms with E-state index in [0.29, 0.717) is 18.9 Å². The molecule has 3 atom stereocenters. The molecule has 3 unspecified atom stereocenters. The van der Waals surface area contributed by atoms with E-state index in [0.717, 1.165) is 95.6 Å². The van der Waals surface area contributed by atoms with Crippen LogP contribution in [0.3, 0.4) is 0 Å². The number of aliphatic carboxylic acids is 1. The lowest BCUT2D eigenvalue weighted by Gasteiger charge is -2.35. The first-order valence-electron chi connectivity index (χ1n) is 16.5. The Bertz CT molecular complexity index is 1310. The first-order chi connectivity index (χ1) is 21.1. The second kappa shape index (κ2) is 14.5. The number of aryl methyl sites for hydroxylation is 1. The molecule has 2 aliphatic heterocycles. The van der Waals surface area contributed by atoms with Gasteiger partial charge in [0.25, 0.3) is 5.92 Å². The monoisotopic (exact) mass is 609 g/mol. The summed E-state index contributed by atoms with van der Waals surface area (Å²) in [6, 6.07) is 13.0. The Hall–Kier alpha value is -2.89. The van der Waals surface area contributed by atoms with E-state index in [1.54, 1.807) is 18.2 Å². The molecule has 1 aliphatic carbocycles. The molecule has 1 N–H and O–H groups in total. The van der Waals surface area contributed by atoms with Crippen LogP contribution in [0.15, 0.2) is 42.5 Å². The summed E-state index contributed by atoms with van der Waals surface area (Å²) in [6.45, 7) is 5.04. The van der Waals surface area contributed by atoms with Gasteiger partial charge >= 0.3 is 5.97 Å². The number of benzene rings is 2. The Morgan fingerprint density at radius 2 is 1.82 bits per heavy atom. The Morgan fingerprint density at radius 1 is 1.07 bits per heavy atom. The van der Waals surface area contributed by atoms with Crippen molar-refractivity contribution in [1.82, 2.24) is 9.80 Å². The van der Waals surface area contributed by atoms with Crippen LogP contribution >= 0.6 is 0 Å². The number of rotatable bonds is 11. The predicted molar refractivity (Wildman–Crippen MR) is 165 cm³/mol. The van der Waals surface area contributed by atoms with Crippen molar-refractivity contribution < 1.29 is 23.1 Å². The summed E-state index contributed by atoms with van der Waals surface area (Å²) in [5.74, 6) is -2.91. The van der Waals surface area contributed by atoms with Gasteiger partial charge in [0.2, 0.25) is 0 Å². The van der Waals surface area contributed by atoms with Crippen molar-refractivity contribution in [2.75, 3.05) is 32.7 Å². The molecule has 0 radical (unpaired) electrons. The van der Waals surface area contributed by atoms with Crippen LogP contribution in [-0.4, -0.2) is 59.6 Å². The van der Waals surface area contributed by atoms with Crippen molar-refractivity contribution in [3.63, 3.8) is 0 Å². The highest BCUT2D eigenvalue weighted by atomic mass is 19.3. The number of halogens is 3. The molecule has 3 fully saturated rings. The molecule has 44 heavy (non-hydrogen) atoms. The van der Waals surface area contributed by atoms with E-state index in [4.69, 9.17) is 0 Å². The minimum absolute atomic E-state index is 0.0334. The SMILES string of the molecule is CC(F)(F)c1cc(CCCC2CCN(CC3CN(C(C(=O)O)C4CCCCC4)CC3c3cccc(F)c3)CC2)ccc1C#N. The smallest absolute Gasteiger partial charge is 0.321 e. The summed E-state index contributed by atoms with van der Waals surface area (Å²) in [5, 5.41) is 19.5. The van der Waals surface area contributed by atoms with Crippen molar-refractivity contribution in [3.8, 4) is 6.07 Å². The molecule has 2 saturated heterocycles. The number of piperidine rings is 1. The topological polar surface area (TPSA) is 67.6 Å². The minimum atomic E-state index is -3.04. The van der Waals surface area contributed by atoms with E-state index in [-0.39, 0.29) is 34.7 Å². The number of carbonyl (C=O) groups is 1. The molecular formula is C36H46F3N3O2. The van der Waals surface area contributed by atoms with Crippen molar-refractivity contribution in [2.24, 2.45) is 17.8 Å². The van der Waals surface area contributed by atoms with Crippen LogP contribution in [0.4, 0.5) is 13.2 Å². The quantitative estimate of drug-likeness (QED) is 0.284. The Kier molecular flexibility index (Phi) is 10.7. The maximum Gasteiger partial charge on any atom is 0.321 e. The minimum Gasteiger partial charge on any atom is -0.480 e. The van der Waals surface area contributed by atoms with Crippen LogP contribution in [0.5, 0.6) is 0 Å². The molecule has 0 amide bonds. The van der Waals surface area contributed by atoms with Gasteiger partial charge in [0.1, 0.15) is 11.9 Å². The van der Waals surface area contributed by atoms with Gasteiger partial charge in [-0.3, -0.25) is 9.69 Å². The maximum atomic E-state index is 14.3. The summed E-state index contributed by atoms with van der Waals surface area (Å²) in [6.07, 6.45) is 10.1. The van der Waals surface area contributed by atoms with E-state index in [1.807, 2.05) is 12.1 Å². The molecule has 2 heterocycles. The van der Waals surface area contributed by atoms with Crippen molar-refractivity contribution in [3.05, 3.63) is 70.5 Å². The summed E-state index contributed by atoms with van der Waals surface area (Å²) in [4.78, 5) is 17.2. The van der Waals surface area contributed by atoms with E-state index in [9.17, 15) is 28.3 Å². The lowest BCUT2D eigenvalue weighted by atomic mass is 9.83. The largest absolute Gasteiger partial charge is 0.480 e. The molecule has 0 bridgehead atoms. The molecule has 2 aromatic rings. The molecule has 8 heteroatoms. The van der Waals surface area contributed by atoms with Crippen LogP contribution in [0.1, 0.15) is 92.9 Å². The van der Waals surface area contributed by atoms with Crippen LogP contribution in [0.2, 0.25) is 0 Å². The number of hydrogen-bond acceptors (Lipinski definition) is 4. The molecule has 5 nitrogen and oxygen atoms in total. The summed E-state index contributed by atoms with van der Waals surface area (Å²) >= 11 is 0. The molecule has 238 valence electrons. The number of nitriles is 1. The third-order valence-corrected chi connectivity index (χ3v) is 10.4. The van der Waals surface area contributed by atoms with Gasteiger partial charge in [0.05, 0.1) is 11.6 Å². The number of carboxylic acids is 1. The molecule has 2 aromatic carbocycles. The molecule has 0 spiro atoms. The van der Waals surface area contributed by atoms with Crippen LogP contribution in [0, 0.1) is 34.9 Å². The molecule has 3 aliphatic rings. The Morgan fingerprint density at radius 3 is 2.48 bits per heavy atom. The van der Waals surface area contributed by atoms with E-state index >= 15 is 0 Å². The fourth-order valence-corrected chi connectivity index (χ4v) is 8.13. The van der Waals surface area contributed by atoms with Gasteiger partial charge in [-0.25, -0.2) is 13.2 Å². The Labute approximate surface area is 260 Å². The van der Waals surface area contributed by atoms with Crippen LogP contribution < -0.4 is 0 Å². The Balaban J connectivity index is 1.17. The highest BCUT2D eigenvalue weighted by Gasteiger charge is 2.43. The highest BCUT2D eigenvalue weighted by molar-refractivity contribution is 5.74. The second-order valence-electron chi connectivity index (χ2n) is 13.6. The number of alkyl halides is 2. The predicted octanol–water partition coefficient (Wildman–Crippen LogP) is 7.59. The van der Waals surface area contributed by atoms with Crippen molar-refractivity contribution in [2.45, 2.75) is 89.0 Å². The zero-order valence-corrected chi connectivity index (χ0v) is 25.9. The van der Waals surface area contributed by atoms with Gasteiger partial charge in [-0.05, 0) is 105 Å². The lowest BCUT2D eigenvalue weighted by Crippen LogP contribution is -2.46. The van der Waals surface area contributed by atoms with E-state index < -0.39 is 17.9 Å². The summed E-state index contributed by atoms with van der Waals surface area (Å²) in [5.41, 5.74) is 1.65. The van der Waals surface area contributed by atoms with Crippen molar-refractivity contribution in [1.29, 1.82) is 5.26 Å². The fourth-order valence-electron chi connectivity index (χ4n) is 8.13. The van der Waals surface area contributed by atoms with Gasteiger partial charge in [-0.2, -0.15) is 5.26 Å². The average molecular weight is 610 g/mol. The van der Waals surface area contributed by atoms with E-state index in [1.165, 1.54) is 24.6 Å². The van der Waals surface area contributed by atoms with Crippen LogP contribution in [-0.2, 0) is 17.1 Å². The maximum absolute atomic E-state index is 14.3. The lowest BCUT2D eigenvalue weighted by molar-refractivity contribution is -0.145. The normalized spacial score (nSPS) is 23.4. The molecule has 5 rings (SSSR count). The van der Waals surface area contributed by atoms with Gasteiger partial charge in [-0.1, -0.05) is 43.9 Å². The second-order valence-corrected chi connectivity index (χ2v) is 13.6. The third-order valence-electron chi connectivity index (χ3n) is 10.4. The van der Waals surface area contributed by atoms with Gasteiger partial charge in [-0.15, -0.1) is 0 Å². The average Bonchev–Trinajstić information content (AvgIpc) is 3.40. The zero-order chi connectivity index (χ0) is 31.3. The van der Waals surface area contributed by atoms with Crippen LogP contribution in [0.25, 0.3) is 0 Å². The first-order valence-corrected chi connectivity index (χ1v) is 16.5. The number of carboxylic acid groups (broad SMARTS) is 1. The summed E-state index contributed by atoms with van der Waals surface area (Å²) in [7, 11) is 0. The number of likely N-dealkylation sites (tertiary alicyclic amines) is 2. The third kappa shape index (κ3) is 8.03.